The number of rotatable bonds is 3. The Kier molecular flexibility index (Phi) is 3.01. The van der Waals surface area contributed by atoms with Crippen LogP contribution in [0.3, 0.4) is 0 Å². The fourth-order valence-electron chi connectivity index (χ4n) is 1.38. The summed E-state index contributed by atoms with van der Waals surface area (Å²) in [7, 11) is 0. The highest BCUT2D eigenvalue weighted by atomic mass is 19.3. The Labute approximate surface area is 76.5 Å². The highest BCUT2D eigenvalue weighted by Crippen LogP contribution is 2.42. The van der Waals surface area contributed by atoms with E-state index in [4.69, 9.17) is 5.73 Å². The first-order valence-corrected chi connectivity index (χ1v) is 4.30. The Morgan fingerprint density at radius 2 is 2.23 bits per heavy atom. The average molecular weight is 188 g/mol. The molecule has 1 saturated carbocycles. The minimum Gasteiger partial charge on any atom is -0.405 e. The molecule has 0 bridgehead atoms. The third-order valence-corrected chi connectivity index (χ3v) is 2.11. The standard InChI is InChI=1S/C9H14F2N2/c1-7(2-3-12)13-6-8-4-9(10,11)5-8/h2-3,8H,4-6,12H2,1H3/b3-2-,13-7?. The van der Waals surface area contributed by atoms with Crippen molar-refractivity contribution in [2.45, 2.75) is 25.7 Å². The molecule has 1 fully saturated rings. The minimum absolute atomic E-state index is 0.0177. The lowest BCUT2D eigenvalue weighted by atomic mass is 9.81. The highest BCUT2D eigenvalue weighted by molar-refractivity contribution is 5.92. The number of halogens is 2. The molecule has 2 N–H and O–H groups in total. The molecule has 1 aliphatic carbocycles. The van der Waals surface area contributed by atoms with Crippen molar-refractivity contribution in [1.82, 2.24) is 0 Å². The van der Waals surface area contributed by atoms with Gasteiger partial charge in [-0.1, -0.05) is 0 Å². The van der Waals surface area contributed by atoms with Gasteiger partial charge in [-0.05, 0) is 25.1 Å². The van der Waals surface area contributed by atoms with Crippen LogP contribution in [0.5, 0.6) is 0 Å². The maximum atomic E-state index is 12.4. The van der Waals surface area contributed by atoms with Gasteiger partial charge in [-0.3, -0.25) is 4.99 Å². The van der Waals surface area contributed by atoms with Gasteiger partial charge < -0.3 is 5.73 Å². The molecule has 0 aromatic rings. The monoisotopic (exact) mass is 188 g/mol. The van der Waals surface area contributed by atoms with Gasteiger partial charge >= 0.3 is 0 Å². The molecule has 0 spiro atoms. The third kappa shape index (κ3) is 3.13. The van der Waals surface area contributed by atoms with Crippen molar-refractivity contribution in [3.05, 3.63) is 12.3 Å². The molecule has 1 aliphatic rings. The van der Waals surface area contributed by atoms with Gasteiger partial charge in [-0.25, -0.2) is 8.78 Å². The summed E-state index contributed by atoms with van der Waals surface area (Å²) in [5.41, 5.74) is 5.93. The minimum atomic E-state index is -2.43. The van der Waals surface area contributed by atoms with Crippen LogP contribution in [0.15, 0.2) is 17.3 Å². The number of alkyl halides is 2. The predicted molar refractivity (Wildman–Crippen MR) is 49.0 cm³/mol. The summed E-state index contributed by atoms with van der Waals surface area (Å²) in [6.07, 6.45) is 3.03. The second-order valence-corrected chi connectivity index (χ2v) is 3.47. The molecule has 1 rings (SSSR count). The van der Waals surface area contributed by atoms with E-state index < -0.39 is 5.92 Å². The van der Waals surface area contributed by atoms with Gasteiger partial charge in [-0.2, -0.15) is 0 Å². The summed E-state index contributed by atoms with van der Waals surface area (Å²) in [4.78, 5) is 4.12. The summed E-state index contributed by atoms with van der Waals surface area (Å²) in [5, 5.41) is 0. The van der Waals surface area contributed by atoms with Gasteiger partial charge in [-0.15, -0.1) is 0 Å². The number of nitrogens with two attached hydrogens (primary N) is 1. The van der Waals surface area contributed by atoms with Crippen molar-refractivity contribution < 1.29 is 8.78 Å². The molecular weight excluding hydrogens is 174 g/mol. The molecule has 0 unspecified atom stereocenters. The molecule has 0 aromatic heterocycles. The largest absolute Gasteiger partial charge is 0.405 e. The van der Waals surface area contributed by atoms with Crippen molar-refractivity contribution in [3.8, 4) is 0 Å². The number of allylic oxidation sites excluding steroid dienone is 1. The zero-order valence-corrected chi connectivity index (χ0v) is 7.63. The lowest BCUT2D eigenvalue weighted by molar-refractivity contribution is -0.107. The van der Waals surface area contributed by atoms with Crippen LogP contribution in [-0.4, -0.2) is 18.2 Å². The number of hydrogen-bond donors (Lipinski definition) is 1. The Bertz CT molecular complexity index is 226. The lowest BCUT2D eigenvalue weighted by Gasteiger charge is -2.33. The number of hydrogen-bond acceptors (Lipinski definition) is 2. The van der Waals surface area contributed by atoms with E-state index in [9.17, 15) is 8.78 Å². The molecule has 0 heterocycles. The lowest BCUT2D eigenvalue weighted by Crippen LogP contribution is -2.36. The SMILES string of the molecule is CC(/C=C\N)=NCC1CC(F)(F)C1. The second kappa shape index (κ2) is 3.85. The van der Waals surface area contributed by atoms with Crippen LogP contribution in [0.2, 0.25) is 0 Å². The van der Waals surface area contributed by atoms with E-state index in [-0.39, 0.29) is 18.8 Å². The molecule has 0 saturated heterocycles. The van der Waals surface area contributed by atoms with E-state index in [1.54, 1.807) is 13.0 Å². The molecule has 0 atom stereocenters. The van der Waals surface area contributed by atoms with E-state index in [2.05, 4.69) is 4.99 Å². The smallest absolute Gasteiger partial charge is 0.248 e. The third-order valence-electron chi connectivity index (χ3n) is 2.11. The number of aliphatic imine (C=N–C) groups is 1. The van der Waals surface area contributed by atoms with Crippen LogP contribution in [0.4, 0.5) is 8.78 Å². The maximum Gasteiger partial charge on any atom is 0.248 e. The van der Waals surface area contributed by atoms with E-state index in [1.807, 2.05) is 0 Å². The van der Waals surface area contributed by atoms with Crippen molar-refractivity contribution >= 4 is 5.71 Å². The Morgan fingerprint density at radius 1 is 1.62 bits per heavy atom. The van der Waals surface area contributed by atoms with Crippen LogP contribution in [0, 0.1) is 5.92 Å². The van der Waals surface area contributed by atoms with Gasteiger partial charge in [0.05, 0.1) is 0 Å². The van der Waals surface area contributed by atoms with E-state index in [0.717, 1.165) is 5.71 Å². The normalized spacial score (nSPS) is 23.5. The van der Waals surface area contributed by atoms with Crippen LogP contribution in [0.25, 0.3) is 0 Å². The zero-order valence-electron chi connectivity index (χ0n) is 7.63. The van der Waals surface area contributed by atoms with Crippen LogP contribution < -0.4 is 5.73 Å². The Balaban J connectivity index is 2.25. The van der Waals surface area contributed by atoms with Crippen LogP contribution in [-0.2, 0) is 0 Å². The van der Waals surface area contributed by atoms with Gasteiger partial charge in [0.15, 0.2) is 0 Å². The summed E-state index contributed by atoms with van der Waals surface area (Å²) in [6.45, 7) is 2.30. The van der Waals surface area contributed by atoms with Crippen LogP contribution >= 0.6 is 0 Å². The first-order chi connectivity index (χ1) is 6.03. The highest BCUT2D eigenvalue weighted by Gasteiger charge is 2.44. The topological polar surface area (TPSA) is 38.4 Å². The summed E-state index contributed by atoms with van der Waals surface area (Å²) in [5.74, 6) is -2.38. The molecule has 0 radical (unpaired) electrons. The van der Waals surface area contributed by atoms with E-state index >= 15 is 0 Å². The van der Waals surface area contributed by atoms with Gasteiger partial charge in [0, 0.05) is 25.1 Å². The molecular formula is C9H14F2N2. The average Bonchev–Trinajstić information content (AvgIpc) is 1.97. The van der Waals surface area contributed by atoms with Gasteiger partial charge in [0.1, 0.15) is 0 Å². The zero-order chi connectivity index (χ0) is 9.90. The fraction of sp³-hybridized carbons (Fsp3) is 0.667. The summed E-state index contributed by atoms with van der Waals surface area (Å²) in [6, 6.07) is 0. The first-order valence-electron chi connectivity index (χ1n) is 4.30. The van der Waals surface area contributed by atoms with E-state index in [1.165, 1.54) is 6.20 Å². The molecule has 0 aliphatic heterocycles. The molecule has 4 heteroatoms. The maximum absolute atomic E-state index is 12.4. The summed E-state index contributed by atoms with van der Waals surface area (Å²) >= 11 is 0. The second-order valence-electron chi connectivity index (χ2n) is 3.47. The molecule has 13 heavy (non-hydrogen) atoms. The Morgan fingerprint density at radius 3 is 2.69 bits per heavy atom. The van der Waals surface area contributed by atoms with Crippen molar-refractivity contribution in [2.24, 2.45) is 16.6 Å². The predicted octanol–water partition coefficient (Wildman–Crippen LogP) is 1.97. The van der Waals surface area contributed by atoms with Gasteiger partial charge in [0.2, 0.25) is 5.92 Å². The van der Waals surface area contributed by atoms with Crippen molar-refractivity contribution in [3.63, 3.8) is 0 Å². The quantitative estimate of drug-likeness (QED) is 0.675. The fourth-order valence-corrected chi connectivity index (χ4v) is 1.38. The van der Waals surface area contributed by atoms with E-state index in [0.29, 0.717) is 6.54 Å². The van der Waals surface area contributed by atoms with Crippen molar-refractivity contribution in [1.29, 1.82) is 0 Å². The number of nitrogens with zero attached hydrogens (tertiary/aromatic N) is 1. The Hall–Kier alpha value is -0.930. The summed E-state index contributed by atoms with van der Waals surface area (Å²) < 4.78 is 24.8. The molecule has 0 aromatic carbocycles. The first kappa shape index (κ1) is 10.2. The van der Waals surface area contributed by atoms with Gasteiger partial charge in [0.25, 0.3) is 0 Å². The van der Waals surface area contributed by atoms with Crippen LogP contribution in [0.1, 0.15) is 19.8 Å². The molecule has 2 nitrogen and oxygen atoms in total. The van der Waals surface area contributed by atoms with Crippen molar-refractivity contribution in [2.75, 3.05) is 6.54 Å². The molecule has 0 amide bonds. The molecule has 74 valence electrons.